The third-order valence-electron chi connectivity index (χ3n) is 4.49. The molecule has 0 aliphatic heterocycles. The second-order valence-corrected chi connectivity index (χ2v) is 6.78. The van der Waals surface area contributed by atoms with Crippen molar-refractivity contribution in [3.05, 3.63) is 121 Å². The molecule has 0 radical (unpaired) electrons. The van der Waals surface area contributed by atoms with E-state index >= 15 is 0 Å². The van der Waals surface area contributed by atoms with Gasteiger partial charge >= 0.3 is 0 Å². The normalized spacial score (nSPS) is 11.2. The number of hydrogen-bond donors (Lipinski definition) is 3. The molecule has 30 heavy (non-hydrogen) atoms. The molecule has 0 spiro atoms. The molecule has 0 saturated heterocycles. The fourth-order valence-electron chi connectivity index (χ4n) is 3.05. The largest absolute Gasteiger partial charge is 0.359 e. The standard InChI is InChI=1S/C26H24N4/c1-5-13-21(14-6-1)27-25(28-22-15-7-2-8-16-22)26(29-23-17-9-3-10-18-23)30-24-19-11-4-12-20-24/h1-20,25,27-28H,(H,29,30). The number of anilines is 3. The summed E-state index contributed by atoms with van der Waals surface area (Å²) in [5, 5.41) is 10.6. The van der Waals surface area contributed by atoms with Crippen molar-refractivity contribution in [2.24, 2.45) is 4.99 Å². The molecule has 0 saturated carbocycles. The minimum absolute atomic E-state index is 0.282. The summed E-state index contributed by atoms with van der Waals surface area (Å²) < 4.78 is 0. The molecule has 0 unspecified atom stereocenters. The van der Waals surface area contributed by atoms with Gasteiger partial charge in [0.25, 0.3) is 0 Å². The Kier molecular flexibility index (Phi) is 6.38. The molecule has 4 nitrogen and oxygen atoms in total. The molecule has 0 aliphatic carbocycles. The van der Waals surface area contributed by atoms with Gasteiger partial charge in [-0.3, -0.25) is 0 Å². The van der Waals surface area contributed by atoms with Crippen LogP contribution in [0.1, 0.15) is 0 Å². The molecule has 0 atom stereocenters. The smallest absolute Gasteiger partial charge is 0.157 e. The van der Waals surface area contributed by atoms with E-state index in [-0.39, 0.29) is 6.17 Å². The Labute approximate surface area is 177 Å². The zero-order valence-corrected chi connectivity index (χ0v) is 16.6. The Bertz CT molecular complexity index is 1010. The maximum atomic E-state index is 4.93. The summed E-state index contributed by atoms with van der Waals surface area (Å²) in [6.45, 7) is 0. The first-order valence-electron chi connectivity index (χ1n) is 9.96. The van der Waals surface area contributed by atoms with Crippen LogP contribution in [0.5, 0.6) is 0 Å². The van der Waals surface area contributed by atoms with Crippen LogP contribution in [0, 0.1) is 0 Å². The van der Waals surface area contributed by atoms with Crippen LogP contribution in [0.15, 0.2) is 126 Å². The zero-order chi connectivity index (χ0) is 20.4. The van der Waals surface area contributed by atoms with Gasteiger partial charge in [-0.25, -0.2) is 4.99 Å². The van der Waals surface area contributed by atoms with Gasteiger partial charge in [-0.05, 0) is 48.5 Å². The quantitative estimate of drug-likeness (QED) is 0.194. The van der Waals surface area contributed by atoms with Crippen LogP contribution in [0.4, 0.5) is 22.7 Å². The lowest BCUT2D eigenvalue weighted by Gasteiger charge is -2.25. The highest BCUT2D eigenvalue weighted by Gasteiger charge is 2.17. The average molecular weight is 393 g/mol. The maximum Gasteiger partial charge on any atom is 0.157 e. The van der Waals surface area contributed by atoms with Crippen molar-refractivity contribution in [3.8, 4) is 0 Å². The second kappa shape index (κ2) is 9.94. The highest BCUT2D eigenvalue weighted by atomic mass is 15.2. The molecular weight excluding hydrogens is 368 g/mol. The summed E-state index contributed by atoms with van der Waals surface area (Å²) >= 11 is 0. The first-order valence-corrected chi connectivity index (χ1v) is 9.96. The number of aliphatic imine (C=N–C) groups is 1. The van der Waals surface area contributed by atoms with Gasteiger partial charge in [-0.15, -0.1) is 0 Å². The molecule has 0 fully saturated rings. The van der Waals surface area contributed by atoms with E-state index in [0.717, 1.165) is 28.6 Å². The molecule has 0 bridgehead atoms. The minimum Gasteiger partial charge on any atom is -0.359 e. The fraction of sp³-hybridized carbons (Fsp3) is 0.0385. The third kappa shape index (κ3) is 5.49. The first kappa shape index (κ1) is 19.3. The van der Waals surface area contributed by atoms with Gasteiger partial charge in [0, 0.05) is 17.1 Å². The van der Waals surface area contributed by atoms with Crippen molar-refractivity contribution in [3.63, 3.8) is 0 Å². The molecule has 148 valence electrons. The van der Waals surface area contributed by atoms with Crippen LogP contribution >= 0.6 is 0 Å². The summed E-state index contributed by atoms with van der Waals surface area (Å²) in [4.78, 5) is 4.93. The number of benzene rings is 4. The number of hydrogen-bond acceptors (Lipinski definition) is 3. The Morgan fingerprint density at radius 2 is 0.900 bits per heavy atom. The summed E-state index contributed by atoms with van der Waals surface area (Å²) in [7, 11) is 0. The van der Waals surface area contributed by atoms with Crippen LogP contribution in [0.2, 0.25) is 0 Å². The topological polar surface area (TPSA) is 48.5 Å². The van der Waals surface area contributed by atoms with E-state index in [2.05, 4.69) is 16.0 Å². The van der Waals surface area contributed by atoms with Crippen LogP contribution in [-0.2, 0) is 0 Å². The molecule has 4 aromatic rings. The van der Waals surface area contributed by atoms with E-state index < -0.39 is 0 Å². The highest BCUT2D eigenvalue weighted by Crippen LogP contribution is 2.18. The van der Waals surface area contributed by atoms with Crippen molar-refractivity contribution < 1.29 is 0 Å². The predicted octanol–water partition coefficient (Wildman–Crippen LogP) is 6.38. The van der Waals surface area contributed by atoms with E-state index in [4.69, 9.17) is 4.99 Å². The van der Waals surface area contributed by atoms with Crippen LogP contribution in [-0.4, -0.2) is 12.0 Å². The van der Waals surface area contributed by atoms with Crippen molar-refractivity contribution >= 4 is 28.6 Å². The summed E-state index contributed by atoms with van der Waals surface area (Å²) in [6, 6.07) is 40.3. The zero-order valence-electron chi connectivity index (χ0n) is 16.6. The monoisotopic (exact) mass is 392 g/mol. The van der Waals surface area contributed by atoms with Crippen molar-refractivity contribution in [1.29, 1.82) is 0 Å². The van der Waals surface area contributed by atoms with Gasteiger partial charge in [0.1, 0.15) is 0 Å². The van der Waals surface area contributed by atoms with E-state index in [1.165, 1.54) is 0 Å². The molecule has 0 aliphatic rings. The lowest BCUT2D eigenvalue weighted by Crippen LogP contribution is -2.41. The van der Waals surface area contributed by atoms with Gasteiger partial charge in [-0.1, -0.05) is 72.8 Å². The fourth-order valence-corrected chi connectivity index (χ4v) is 3.05. The molecule has 3 N–H and O–H groups in total. The lowest BCUT2D eigenvalue weighted by molar-refractivity contribution is 1.05. The number of amidine groups is 1. The summed E-state index contributed by atoms with van der Waals surface area (Å²) in [5.74, 6) is 0.764. The number of nitrogens with zero attached hydrogens (tertiary/aromatic N) is 1. The average Bonchev–Trinajstić information content (AvgIpc) is 2.81. The lowest BCUT2D eigenvalue weighted by atomic mass is 10.2. The third-order valence-corrected chi connectivity index (χ3v) is 4.49. The molecule has 4 heteroatoms. The van der Waals surface area contributed by atoms with E-state index in [0.29, 0.717) is 0 Å². The van der Waals surface area contributed by atoms with E-state index in [1.807, 2.05) is 121 Å². The van der Waals surface area contributed by atoms with Crippen LogP contribution < -0.4 is 16.0 Å². The van der Waals surface area contributed by atoms with E-state index in [1.54, 1.807) is 0 Å². The van der Waals surface area contributed by atoms with Gasteiger partial charge < -0.3 is 16.0 Å². The van der Waals surface area contributed by atoms with Crippen molar-refractivity contribution in [1.82, 2.24) is 0 Å². The van der Waals surface area contributed by atoms with E-state index in [9.17, 15) is 0 Å². The predicted molar refractivity (Wildman–Crippen MR) is 128 cm³/mol. The van der Waals surface area contributed by atoms with Crippen LogP contribution in [0.25, 0.3) is 0 Å². The second-order valence-electron chi connectivity index (χ2n) is 6.78. The molecule has 4 rings (SSSR count). The molecule has 0 amide bonds. The van der Waals surface area contributed by atoms with Crippen LogP contribution in [0.3, 0.4) is 0 Å². The number of nitrogens with one attached hydrogen (secondary N) is 3. The molecular formula is C26H24N4. The SMILES string of the molecule is c1ccc(N=C(Nc2ccccc2)C(Nc2ccccc2)Nc2ccccc2)cc1. The van der Waals surface area contributed by atoms with Crippen molar-refractivity contribution in [2.75, 3.05) is 16.0 Å². The number of rotatable bonds is 7. The Hall–Kier alpha value is -4.05. The van der Waals surface area contributed by atoms with Gasteiger partial charge in [0.15, 0.2) is 12.0 Å². The Morgan fingerprint density at radius 1 is 0.500 bits per heavy atom. The Balaban J connectivity index is 1.71. The van der Waals surface area contributed by atoms with Crippen molar-refractivity contribution in [2.45, 2.75) is 6.17 Å². The maximum absolute atomic E-state index is 4.93. The molecule has 0 aromatic heterocycles. The first-order chi connectivity index (χ1) is 14.9. The minimum atomic E-state index is -0.282. The van der Waals surface area contributed by atoms with Gasteiger partial charge in [0.05, 0.1) is 5.69 Å². The summed E-state index contributed by atoms with van der Waals surface area (Å²) in [5.41, 5.74) is 3.86. The van der Waals surface area contributed by atoms with Gasteiger partial charge in [0.2, 0.25) is 0 Å². The number of para-hydroxylation sites is 4. The summed E-state index contributed by atoms with van der Waals surface area (Å²) in [6.07, 6.45) is -0.282. The Morgan fingerprint density at radius 3 is 1.37 bits per heavy atom. The van der Waals surface area contributed by atoms with Gasteiger partial charge in [-0.2, -0.15) is 0 Å². The molecule has 4 aromatic carbocycles. The highest BCUT2D eigenvalue weighted by molar-refractivity contribution is 6.03. The molecule has 0 heterocycles.